The van der Waals surface area contributed by atoms with Gasteiger partial charge >= 0.3 is 0 Å². The lowest BCUT2D eigenvalue weighted by atomic mass is 10.0. The average Bonchev–Trinajstić information content (AvgIpc) is 3.11. The Labute approximate surface area is 151 Å². The van der Waals surface area contributed by atoms with Crippen LogP contribution in [0.25, 0.3) is 22.0 Å². The Morgan fingerprint density at radius 2 is 2.15 bits per heavy atom. The standard InChI is InChI=1S/C20H19N3O3/c1-25-16-6-15(10-21-11-16)14-7-18-17(3-2-4-22-18)19(8-14)26-12-13-5-20(24)23-9-13/h2-4,6-8,10-11,13H,5,9,12H2,1H3,(H,23,24). The lowest BCUT2D eigenvalue weighted by Crippen LogP contribution is -2.16. The lowest BCUT2D eigenvalue weighted by molar-refractivity contribution is -0.119. The highest BCUT2D eigenvalue weighted by molar-refractivity contribution is 5.90. The normalized spacial score (nSPS) is 16.5. The molecule has 1 N–H and O–H groups in total. The number of carbonyl (C=O) groups is 1. The predicted molar refractivity (Wildman–Crippen MR) is 98.1 cm³/mol. The summed E-state index contributed by atoms with van der Waals surface area (Å²) in [7, 11) is 1.62. The topological polar surface area (TPSA) is 73.3 Å². The van der Waals surface area contributed by atoms with Crippen LogP contribution in [0.4, 0.5) is 0 Å². The van der Waals surface area contributed by atoms with Crippen LogP contribution in [0, 0.1) is 5.92 Å². The van der Waals surface area contributed by atoms with E-state index in [-0.39, 0.29) is 11.8 Å². The summed E-state index contributed by atoms with van der Waals surface area (Å²) in [6.07, 6.45) is 5.73. The van der Waals surface area contributed by atoms with Crippen molar-refractivity contribution < 1.29 is 14.3 Å². The van der Waals surface area contributed by atoms with Gasteiger partial charge in [-0.25, -0.2) is 0 Å². The second-order valence-electron chi connectivity index (χ2n) is 6.34. The van der Waals surface area contributed by atoms with Crippen LogP contribution in [-0.2, 0) is 4.79 Å². The number of rotatable bonds is 5. The number of aromatic nitrogens is 2. The lowest BCUT2D eigenvalue weighted by Gasteiger charge is -2.14. The first kappa shape index (κ1) is 16.3. The Bertz CT molecular complexity index is 958. The Morgan fingerprint density at radius 3 is 2.96 bits per heavy atom. The molecule has 1 aliphatic rings. The van der Waals surface area contributed by atoms with E-state index in [1.807, 2.05) is 30.3 Å². The van der Waals surface area contributed by atoms with Crippen molar-refractivity contribution in [2.75, 3.05) is 20.3 Å². The molecule has 6 heteroatoms. The summed E-state index contributed by atoms with van der Waals surface area (Å²) in [5.41, 5.74) is 2.74. The van der Waals surface area contributed by atoms with E-state index >= 15 is 0 Å². The Morgan fingerprint density at radius 1 is 1.23 bits per heavy atom. The van der Waals surface area contributed by atoms with Gasteiger partial charge in [-0.15, -0.1) is 0 Å². The van der Waals surface area contributed by atoms with E-state index in [9.17, 15) is 4.79 Å². The molecule has 0 radical (unpaired) electrons. The smallest absolute Gasteiger partial charge is 0.220 e. The number of benzene rings is 1. The summed E-state index contributed by atoms with van der Waals surface area (Å²) in [6, 6.07) is 9.82. The summed E-state index contributed by atoms with van der Waals surface area (Å²) >= 11 is 0. The number of ether oxygens (including phenoxy) is 2. The van der Waals surface area contributed by atoms with Gasteiger partial charge in [0.15, 0.2) is 0 Å². The Balaban J connectivity index is 1.69. The fourth-order valence-corrected chi connectivity index (χ4v) is 3.11. The monoisotopic (exact) mass is 349 g/mol. The SMILES string of the molecule is COc1cncc(-c2cc(OCC3CNC(=O)C3)c3cccnc3c2)c1. The van der Waals surface area contributed by atoms with Crippen molar-refractivity contribution in [3.05, 3.63) is 48.9 Å². The fourth-order valence-electron chi connectivity index (χ4n) is 3.11. The molecule has 3 aromatic rings. The highest BCUT2D eigenvalue weighted by Crippen LogP contribution is 2.33. The maximum atomic E-state index is 11.4. The van der Waals surface area contributed by atoms with Crippen LogP contribution in [-0.4, -0.2) is 36.1 Å². The maximum Gasteiger partial charge on any atom is 0.220 e. The van der Waals surface area contributed by atoms with Gasteiger partial charge < -0.3 is 14.8 Å². The molecule has 1 aromatic carbocycles. The molecule has 26 heavy (non-hydrogen) atoms. The highest BCUT2D eigenvalue weighted by atomic mass is 16.5. The summed E-state index contributed by atoms with van der Waals surface area (Å²) in [4.78, 5) is 20.1. The number of nitrogens with zero attached hydrogens (tertiary/aromatic N) is 2. The van der Waals surface area contributed by atoms with Gasteiger partial charge in [0.1, 0.15) is 11.5 Å². The summed E-state index contributed by atoms with van der Waals surface area (Å²) in [5, 5.41) is 3.79. The molecule has 0 bridgehead atoms. The quantitative estimate of drug-likeness (QED) is 0.767. The van der Waals surface area contributed by atoms with E-state index in [0.29, 0.717) is 25.3 Å². The van der Waals surface area contributed by atoms with E-state index < -0.39 is 0 Å². The van der Waals surface area contributed by atoms with E-state index in [0.717, 1.165) is 27.8 Å². The molecule has 0 aliphatic carbocycles. The molecule has 1 amide bonds. The first-order chi connectivity index (χ1) is 12.7. The third-order valence-corrected chi connectivity index (χ3v) is 4.50. The first-order valence-corrected chi connectivity index (χ1v) is 8.50. The molecule has 1 fully saturated rings. The second kappa shape index (κ2) is 7.00. The van der Waals surface area contributed by atoms with E-state index in [2.05, 4.69) is 15.3 Å². The first-order valence-electron chi connectivity index (χ1n) is 8.50. The van der Waals surface area contributed by atoms with E-state index in [1.165, 1.54) is 0 Å². The zero-order chi connectivity index (χ0) is 17.9. The third kappa shape index (κ3) is 3.31. The molecule has 1 unspecified atom stereocenters. The van der Waals surface area contributed by atoms with Gasteiger partial charge in [-0.2, -0.15) is 0 Å². The number of fused-ring (bicyclic) bond motifs is 1. The molecule has 6 nitrogen and oxygen atoms in total. The Kier molecular flexibility index (Phi) is 4.39. The minimum absolute atomic E-state index is 0.0846. The molecule has 3 heterocycles. The molecule has 132 valence electrons. The van der Waals surface area contributed by atoms with Crippen LogP contribution in [0.2, 0.25) is 0 Å². The molecular formula is C20H19N3O3. The van der Waals surface area contributed by atoms with Crippen molar-refractivity contribution in [3.8, 4) is 22.6 Å². The number of methoxy groups -OCH3 is 1. The summed E-state index contributed by atoms with van der Waals surface area (Å²) in [6.45, 7) is 1.15. The number of amides is 1. The van der Waals surface area contributed by atoms with Crippen molar-refractivity contribution in [3.63, 3.8) is 0 Å². The predicted octanol–water partition coefficient (Wildman–Crippen LogP) is 2.82. The number of pyridine rings is 2. The van der Waals surface area contributed by atoms with Crippen LogP contribution in [0.5, 0.6) is 11.5 Å². The van der Waals surface area contributed by atoms with Gasteiger partial charge in [-0.05, 0) is 35.9 Å². The van der Waals surface area contributed by atoms with Gasteiger partial charge in [0.2, 0.25) is 5.91 Å². The zero-order valence-corrected chi connectivity index (χ0v) is 14.4. The second-order valence-corrected chi connectivity index (χ2v) is 6.34. The summed E-state index contributed by atoms with van der Waals surface area (Å²) in [5.74, 6) is 1.73. The maximum absolute atomic E-state index is 11.4. The third-order valence-electron chi connectivity index (χ3n) is 4.50. The molecule has 1 atom stereocenters. The summed E-state index contributed by atoms with van der Waals surface area (Å²) < 4.78 is 11.4. The molecule has 1 aliphatic heterocycles. The Hall–Kier alpha value is -3.15. The largest absolute Gasteiger partial charge is 0.495 e. The van der Waals surface area contributed by atoms with Gasteiger partial charge in [0.25, 0.3) is 0 Å². The number of carbonyl (C=O) groups excluding carboxylic acids is 1. The minimum Gasteiger partial charge on any atom is -0.495 e. The molecule has 0 saturated carbocycles. The van der Waals surface area contributed by atoms with Crippen molar-refractivity contribution in [2.45, 2.75) is 6.42 Å². The van der Waals surface area contributed by atoms with Crippen LogP contribution >= 0.6 is 0 Å². The number of hydrogen-bond donors (Lipinski definition) is 1. The minimum atomic E-state index is 0.0846. The van der Waals surface area contributed by atoms with Crippen molar-refractivity contribution in [1.82, 2.24) is 15.3 Å². The fraction of sp³-hybridized carbons (Fsp3) is 0.250. The number of nitrogens with one attached hydrogen (secondary N) is 1. The van der Waals surface area contributed by atoms with Crippen LogP contribution in [0.15, 0.2) is 48.9 Å². The van der Waals surface area contributed by atoms with Crippen molar-refractivity contribution >= 4 is 16.8 Å². The highest BCUT2D eigenvalue weighted by Gasteiger charge is 2.22. The van der Waals surface area contributed by atoms with Gasteiger partial charge in [-0.3, -0.25) is 14.8 Å². The van der Waals surface area contributed by atoms with Crippen LogP contribution in [0.1, 0.15) is 6.42 Å². The van der Waals surface area contributed by atoms with Crippen molar-refractivity contribution in [1.29, 1.82) is 0 Å². The van der Waals surface area contributed by atoms with E-state index in [4.69, 9.17) is 9.47 Å². The number of hydrogen-bond acceptors (Lipinski definition) is 5. The molecule has 0 spiro atoms. The average molecular weight is 349 g/mol. The van der Waals surface area contributed by atoms with Gasteiger partial charge in [0.05, 0.1) is 25.4 Å². The molecule has 2 aromatic heterocycles. The zero-order valence-electron chi connectivity index (χ0n) is 14.4. The van der Waals surface area contributed by atoms with Crippen molar-refractivity contribution in [2.24, 2.45) is 5.92 Å². The van der Waals surface area contributed by atoms with E-state index in [1.54, 1.807) is 25.7 Å². The van der Waals surface area contributed by atoms with Gasteiger partial charge in [0, 0.05) is 42.2 Å². The van der Waals surface area contributed by atoms with Gasteiger partial charge in [-0.1, -0.05) is 0 Å². The van der Waals surface area contributed by atoms with Crippen LogP contribution in [0.3, 0.4) is 0 Å². The molecule has 4 rings (SSSR count). The molecular weight excluding hydrogens is 330 g/mol. The molecule has 1 saturated heterocycles. The van der Waals surface area contributed by atoms with Crippen LogP contribution < -0.4 is 14.8 Å².